The topological polar surface area (TPSA) is 79.6 Å². The summed E-state index contributed by atoms with van der Waals surface area (Å²) in [6.45, 7) is 0.0952. The number of aryl methyl sites for hydroxylation is 2. The van der Waals surface area contributed by atoms with Crippen LogP contribution in [-0.4, -0.2) is 33.9 Å². The second-order valence-corrected chi connectivity index (χ2v) is 8.37. The van der Waals surface area contributed by atoms with Gasteiger partial charge in [0.15, 0.2) is 0 Å². The molecule has 1 aromatic carbocycles. The van der Waals surface area contributed by atoms with E-state index >= 15 is 0 Å². The van der Waals surface area contributed by atoms with Crippen LogP contribution in [0.25, 0.3) is 11.0 Å². The number of amides is 3. The number of thioether (sulfide) groups is 1. The second-order valence-electron chi connectivity index (χ2n) is 7.27. The fourth-order valence-corrected chi connectivity index (χ4v) is 5.57. The van der Waals surface area contributed by atoms with E-state index < -0.39 is 11.2 Å². The van der Waals surface area contributed by atoms with Gasteiger partial charge in [0.05, 0.1) is 6.54 Å². The highest BCUT2D eigenvalue weighted by Gasteiger charge is 2.52. The van der Waals surface area contributed by atoms with Crippen LogP contribution in [0.1, 0.15) is 29.5 Å². The monoisotopic (exact) mass is 370 g/mol. The van der Waals surface area contributed by atoms with E-state index in [4.69, 9.17) is 4.42 Å². The molecule has 3 aliphatic rings. The molecule has 1 unspecified atom stereocenters. The zero-order valence-electron chi connectivity index (χ0n) is 14.2. The van der Waals surface area contributed by atoms with Crippen molar-refractivity contribution >= 4 is 34.7 Å². The summed E-state index contributed by atoms with van der Waals surface area (Å²) < 4.78 is 5.38. The fourth-order valence-electron chi connectivity index (χ4n) is 4.25. The van der Waals surface area contributed by atoms with Gasteiger partial charge in [-0.2, -0.15) is 11.8 Å². The van der Waals surface area contributed by atoms with Crippen molar-refractivity contribution in [3.8, 4) is 0 Å². The van der Waals surface area contributed by atoms with E-state index in [1.54, 1.807) is 11.8 Å². The van der Waals surface area contributed by atoms with Crippen molar-refractivity contribution in [2.45, 2.75) is 37.8 Å². The van der Waals surface area contributed by atoms with Crippen LogP contribution in [0.3, 0.4) is 0 Å². The normalized spacial score (nSPS) is 24.7. The van der Waals surface area contributed by atoms with Gasteiger partial charge in [-0.05, 0) is 60.3 Å². The van der Waals surface area contributed by atoms with Crippen LogP contribution >= 0.6 is 11.8 Å². The van der Waals surface area contributed by atoms with Crippen molar-refractivity contribution in [1.82, 2.24) is 10.2 Å². The average molecular weight is 370 g/mol. The van der Waals surface area contributed by atoms with Crippen molar-refractivity contribution in [1.29, 1.82) is 0 Å². The second kappa shape index (κ2) is 5.61. The minimum atomic E-state index is -0.766. The molecule has 1 aliphatic carbocycles. The number of fused-ring (bicyclic) bond motifs is 2. The lowest BCUT2D eigenvalue weighted by Crippen LogP contribution is -2.46. The predicted octanol–water partition coefficient (Wildman–Crippen LogP) is 2.21. The van der Waals surface area contributed by atoms with Crippen molar-refractivity contribution in [3.05, 3.63) is 45.3 Å². The highest BCUT2D eigenvalue weighted by atomic mass is 32.2. The van der Waals surface area contributed by atoms with E-state index in [1.807, 2.05) is 6.07 Å². The molecule has 1 N–H and O–H groups in total. The van der Waals surface area contributed by atoms with Crippen LogP contribution in [0, 0.1) is 0 Å². The van der Waals surface area contributed by atoms with Crippen LogP contribution in [0.4, 0.5) is 4.79 Å². The Morgan fingerprint density at radius 2 is 1.96 bits per heavy atom. The van der Waals surface area contributed by atoms with E-state index in [0.717, 1.165) is 30.4 Å². The van der Waals surface area contributed by atoms with Gasteiger partial charge < -0.3 is 9.73 Å². The number of urea groups is 1. The molecule has 0 radical (unpaired) electrons. The van der Waals surface area contributed by atoms with Gasteiger partial charge in [-0.3, -0.25) is 9.69 Å². The summed E-state index contributed by atoms with van der Waals surface area (Å²) in [4.78, 5) is 38.6. The van der Waals surface area contributed by atoms with Crippen molar-refractivity contribution < 1.29 is 14.0 Å². The van der Waals surface area contributed by atoms with Crippen LogP contribution in [0.15, 0.2) is 27.4 Å². The fraction of sp³-hybridized carbons (Fsp3) is 0.421. The lowest BCUT2D eigenvalue weighted by Gasteiger charge is -2.19. The number of nitrogens with zero attached hydrogens (tertiary/aromatic N) is 1. The van der Waals surface area contributed by atoms with E-state index in [2.05, 4.69) is 11.4 Å². The molecule has 0 saturated carbocycles. The Bertz CT molecular complexity index is 1010. The van der Waals surface area contributed by atoms with Crippen LogP contribution in [0.2, 0.25) is 0 Å². The molecule has 7 heteroatoms. The SMILES string of the molecule is O=C1NC2(CCSC2)C(=O)N1Cc1cc(=O)oc2cc3c(cc12)CCC3. The van der Waals surface area contributed by atoms with E-state index in [1.165, 1.54) is 22.1 Å². The number of hydrogen-bond acceptors (Lipinski definition) is 5. The van der Waals surface area contributed by atoms with Crippen molar-refractivity contribution in [2.75, 3.05) is 11.5 Å². The van der Waals surface area contributed by atoms with Crippen molar-refractivity contribution in [3.63, 3.8) is 0 Å². The molecule has 0 bridgehead atoms. The zero-order valence-corrected chi connectivity index (χ0v) is 15.0. The third-order valence-corrected chi connectivity index (χ3v) is 6.83. The predicted molar refractivity (Wildman–Crippen MR) is 98.3 cm³/mol. The number of rotatable bonds is 2. The molecule has 1 spiro atoms. The molecule has 3 heterocycles. The third-order valence-electron chi connectivity index (χ3n) is 5.64. The molecule has 2 saturated heterocycles. The number of carbonyl (C=O) groups excluding carboxylic acids is 2. The third kappa shape index (κ3) is 2.30. The minimum absolute atomic E-state index is 0.0952. The number of carbonyl (C=O) groups is 2. The molecular formula is C19H18N2O4S. The van der Waals surface area contributed by atoms with Gasteiger partial charge in [0.1, 0.15) is 11.1 Å². The maximum absolute atomic E-state index is 12.9. The number of imide groups is 1. The summed E-state index contributed by atoms with van der Waals surface area (Å²) in [6, 6.07) is 5.01. The average Bonchev–Trinajstić information content (AvgIpc) is 3.30. The molecule has 5 rings (SSSR count). The van der Waals surface area contributed by atoms with Gasteiger partial charge in [-0.1, -0.05) is 0 Å². The van der Waals surface area contributed by atoms with Crippen LogP contribution in [0.5, 0.6) is 0 Å². The molecule has 1 atom stereocenters. The Kier molecular flexibility index (Phi) is 3.44. The first kappa shape index (κ1) is 15.9. The van der Waals surface area contributed by atoms with Gasteiger partial charge in [0.2, 0.25) is 0 Å². The molecule has 2 fully saturated rings. The van der Waals surface area contributed by atoms with E-state index in [0.29, 0.717) is 23.3 Å². The first-order valence-electron chi connectivity index (χ1n) is 8.86. The lowest BCUT2D eigenvalue weighted by molar-refractivity contribution is -0.130. The lowest BCUT2D eigenvalue weighted by atomic mass is 9.99. The summed E-state index contributed by atoms with van der Waals surface area (Å²) in [5.41, 5.74) is 2.45. The van der Waals surface area contributed by atoms with Gasteiger partial charge >= 0.3 is 11.7 Å². The van der Waals surface area contributed by atoms with Crippen molar-refractivity contribution in [2.24, 2.45) is 0 Å². The standard InChI is InChI=1S/C19H18N2O4S/c22-16-8-13(14-6-11-2-1-3-12(11)7-15(14)25-16)9-21-17(23)19(20-18(21)24)4-5-26-10-19/h6-8H,1-5,9-10H2,(H,20,24). The Morgan fingerprint density at radius 3 is 2.73 bits per heavy atom. The molecule has 6 nitrogen and oxygen atoms in total. The zero-order chi connectivity index (χ0) is 17.9. The van der Waals surface area contributed by atoms with Crippen LogP contribution < -0.4 is 10.9 Å². The highest BCUT2D eigenvalue weighted by molar-refractivity contribution is 7.99. The molecular weight excluding hydrogens is 352 g/mol. The maximum Gasteiger partial charge on any atom is 0.336 e. The summed E-state index contributed by atoms with van der Waals surface area (Å²) in [5.74, 6) is 1.29. The van der Waals surface area contributed by atoms with E-state index in [-0.39, 0.29) is 18.5 Å². The smallest absolute Gasteiger partial charge is 0.336 e. The van der Waals surface area contributed by atoms with E-state index in [9.17, 15) is 14.4 Å². The molecule has 26 heavy (non-hydrogen) atoms. The summed E-state index contributed by atoms with van der Waals surface area (Å²) in [5, 5.41) is 3.68. The van der Waals surface area contributed by atoms with Gasteiger partial charge in [0.25, 0.3) is 5.91 Å². The Hall–Kier alpha value is -2.28. The maximum atomic E-state index is 12.9. The van der Waals surface area contributed by atoms with Crippen LogP contribution in [-0.2, 0) is 24.2 Å². The quantitative estimate of drug-likeness (QED) is 0.648. The summed E-state index contributed by atoms with van der Waals surface area (Å²) in [7, 11) is 0. The Morgan fingerprint density at radius 1 is 1.15 bits per heavy atom. The summed E-state index contributed by atoms with van der Waals surface area (Å²) >= 11 is 1.68. The molecule has 134 valence electrons. The number of hydrogen-bond donors (Lipinski definition) is 1. The Labute approximate surface area is 153 Å². The molecule has 2 aliphatic heterocycles. The highest BCUT2D eigenvalue weighted by Crippen LogP contribution is 2.35. The molecule has 3 amide bonds. The molecule has 1 aromatic heterocycles. The minimum Gasteiger partial charge on any atom is -0.423 e. The number of benzene rings is 1. The largest absolute Gasteiger partial charge is 0.423 e. The Balaban J connectivity index is 1.56. The first-order chi connectivity index (χ1) is 12.6. The first-order valence-corrected chi connectivity index (χ1v) is 10.0. The molecule has 2 aromatic rings. The van der Waals surface area contributed by atoms with Gasteiger partial charge in [-0.25, -0.2) is 9.59 Å². The van der Waals surface area contributed by atoms with Gasteiger partial charge in [-0.15, -0.1) is 0 Å². The van der Waals surface area contributed by atoms with Gasteiger partial charge in [0, 0.05) is 17.2 Å². The number of nitrogens with one attached hydrogen (secondary N) is 1. The summed E-state index contributed by atoms with van der Waals surface area (Å²) in [6.07, 6.45) is 3.75.